The molecule has 1 amide bonds. The Morgan fingerprint density at radius 1 is 1.00 bits per heavy atom. The predicted molar refractivity (Wildman–Crippen MR) is 161 cm³/mol. The summed E-state index contributed by atoms with van der Waals surface area (Å²) in [6.07, 6.45) is 4.63. The molecule has 8 nitrogen and oxygen atoms in total. The average molecular weight is 580 g/mol. The molecular weight excluding hydrogens is 542 g/mol. The summed E-state index contributed by atoms with van der Waals surface area (Å²) < 4.78 is 31.0. The lowest BCUT2D eigenvalue weighted by Crippen LogP contribution is -2.37. The van der Waals surface area contributed by atoms with Crippen molar-refractivity contribution in [2.75, 3.05) is 18.4 Å². The van der Waals surface area contributed by atoms with Gasteiger partial charge >= 0.3 is 0 Å². The molecule has 0 spiro atoms. The zero-order valence-corrected chi connectivity index (χ0v) is 25.4. The van der Waals surface area contributed by atoms with Gasteiger partial charge < -0.3 is 5.32 Å². The van der Waals surface area contributed by atoms with Gasteiger partial charge in [0.05, 0.1) is 20.8 Å². The number of carbonyl (C=O) groups excluding carboxylic acids is 1. The topological polar surface area (TPSA) is 97.2 Å². The Balaban J connectivity index is 1.37. The molecule has 2 heterocycles. The van der Waals surface area contributed by atoms with Gasteiger partial charge in [-0.25, -0.2) is 13.4 Å². The van der Waals surface area contributed by atoms with Gasteiger partial charge in [-0.2, -0.15) is 14.1 Å². The molecule has 0 saturated heterocycles. The number of nitrogens with one attached hydrogen (secondary N) is 1. The summed E-state index contributed by atoms with van der Waals surface area (Å²) in [5.41, 5.74) is 4.85. The number of hydrogen-bond acceptors (Lipinski definition) is 6. The number of thiazole rings is 1. The summed E-state index contributed by atoms with van der Waals surface area (Å²) in [4.78, 5) is 18.2. The van der Waals surface area contributed by atoms with Crippen LogP contribution >= 0.6 is 11.3 Å². The van der Waals surface area contributed by atoms with E-state index in [-0.39, 0.29) is 22.6 Å². The number of carbonyl (C=O) groups is 1. The molecule has 2 aromatic heterocycles. The predicted octanol–water partition coefficient (Wildman–Crippen LogP) is 6.22. The lowest BCUT2D eigenvalue weighted by molar-refractivity contribution is 0.102. The maximum absolute atomic E-state index is 13.3. The highest BCUT2D eigenvalue weighted by molar-refractivity contribution is 7.89. The molecule has 1 aliphatic rings. The monoisotopic (exact) mass is 579 g/mol. The van der Waals surface area contributed by atoms with Gasteiger partial charge in [0.1, 0.15) is 5.82 Å². The maximum atomic E-state index is 13.3. The normalized spacial score (nSPS) is 13.9. The van der Waals surface area contributed by atoms with Crippen LogP contribution in [0.25, 0.3) is 15.3 Å². The van der Waals surface area contributed by atoms with Crippen LogP contribution < -0.4 is 5.32 Å². The first-order valence-electron chi connectivity index (χ1n) is 13.9. The molecule has 0 fully saturated rings. The lowest BCUT2D eigenvalue weighted by atomic mass is 9.92. The van der Waals surface area contributed by atoms with Crippen molar-refractivity contribution in [1.82, 2.24) is 19.1 Å². The number of rotatable bonds is 9. The molecule has 0 unspecified atom stereocenters. The van der Waals surface area contributed by atoms with Gasteiger partial charge in [0.2, 0.25) is 15.2 Å². The Morgan fingerprint density at radius 3 is 2.25 bits per heavy atom. The first kappa shape index (κ1) is 28.4. The van der Waals surface area contributed by atoms with E-state index in [0.717, 1.165) is 28.8 Å². The molecule has 0 radical (unpaired) electrons. The molecule has 0 saturated carbocycles. The molecule has 1 N–H and O–H groups in total. The standard InChI is InChI=1S/C30H37N5O3S2/c1-19(2)17-34(18-20(3)4)40(37,38)25-12-10-22(11-13-25)29(36)32-28-14-21(5)33-35(28)30-31-26-15-23-8-6-7-9-24(23)16-27(26)39-30/h10-16,19-20H,6-9,17-18H2,1-5H3,(H,32,36). The Hall–Kier alpha value is -3.08. The van der Waals surface area contributed by atoms with Crippen LogP contribution in [-0.4, -0.2) is 46.5 Å². The van der Waals surface area contributed by atoms with Crippen LogP contribution in [0.4, 0.5) is 5.82 Å². The van der Waals surface area contributed by atoms with Crippen LogP contribution in [0.3, 0.4) is 0 Å². The third-order valence-electron chi connectivity index (χ3n) is 6.99. The smallest absolute Gasteiger partial charge is 0.256 e. The summed E-state index contributed by atoms with van der Waals surface area (Å²) in [6, 6.07) is 12.4. The second-order valence-corrected chi connectivity index (χ2v) is 14.4. The third-order valence-corrected chi connectivity index (χ3v) is 9.83. The Labute approximate surface area is 240 Å². The molecule has 2 aromatic carbocycles. The van der Waals surface area contributed by atoms with Crippen molar-refractivity contribution in [2.45, 2.75) is 65.2 Å². The number of amides is 1. The van der Waals surface area contributed by atoms with E-state index in [2.05, 4.69) is 22.5 Å². The molecule has 40 heavy (non-hydrogen) atoms. The van der Waals surface area contributed by atoms with E-state index in [1.807, 2.05) is 40.7 Å². The largest absolute Gasteiger partial charge is 0.306 e. The lowest BCUT2D eigenvalue weighted by Gasteiger charge is -2.25. The fourth-order valence-electron chi connectivity index (χ4n) is 5.17. The van der Waals surface area contributed by atoms with Gasteiger partial charge in [0, 0.05) is 24.7 Å². The summed E-state index contributed by atoms with van der Waals surface area (Å²) in [5, 5.41) is 8.24. The zero-order chi connectivity index (χ0) is 28.6. The van der Waals surface area contributed by atoms with Crippen LogP contribution in [0, 0.1) is 18.8 Å². The number of benzene rings is 2. The Kier molecular flexibility index (Phi) is 8.13. The highest BCUT2D eigenvalue weighted by Crippen LogP contribution is 2.32. The minimum absolute atomic E-state index is 0.184. The summed E-state index contributed by atoms with van der Waals surface area (Å²) >= 11 is 1.56. The number of hydrogen-bond donors (Lipinski definition) is 1. The quantitative estimate of drug-likeness (QED) is 0.254. The van der Waals surface area contributed by atoms with E-state index in [0.29, 0.717) is 29.6 Å². The van der Waals surface area contributed by atoms with Gasteiger partial charge in [-0.15, -0.1) is 0 Å². The van der Waals surface area contributed by atoms with E-state index in [4.69, 9.17) is 4.98 Å². The van der Waals surface area contributed by atoms with Gasteiger partial charge in [0.25, 0.3) is 5.91 Å². The Bertz CT molecular complexity index is 1580. The molecule has 0 aliphatic heterocycles. The number of aromatic nitrogens is 3. The van der Waals surface area contributed by atoms with Crippen molar-refractivity contribution in [3.8, 4) is 5.13 Å². The van der Waals surface area contributed by atoms with E-state index >= 15 is 0 Å². The number of sulfonamides is 1. The van der Waals surface area contributed by atoms with Crippen molar-refractivity contribution < 1.29 is 13.2 Å². The molecule has 10 heteroatoms. The number of nitrogens with zero attached hydrogens (tertiary/aromatic N) is 4. The fourth-order valence-corrected chi connectivity index (χ4v) is 7.91. The van der Waals surface area contributed by atoms with Crippen LogP contribution in [0.1, 0.15) is 67.7 Å². The summed E-state index contributed by atoms with van der Waals surface area (Å²) in [6.45, 7) is 10.8. The molecule has 0 atom stereocenters. The fraction of sp³-hybridized carbons (Fsp3) is 0.433. The number of fused-ring (bicyclic) bond motifs is 2. The average Bonchev–Trinajstić information content (AvgIpc) is 3.48. The van der Waals surface area contributed by atoms with Crippen molar-refractivity contribution in [2.24, 2.45) is 11.8 Å². The minimum atomic E-state index is -3.67. The summed E-state index contributed by atoms with van der Waals surface area (Å²) in [7, 11) is -3.67. The van der Waals surface area contributed by atoms with Crippen molar-refractivity contribution in [3.63, 3.8) is 0 Å². The highest BCUT2D eigenvalue weighted by atomic mass is 32.2. The summed E-state index contributed by atoms with van der Waals surface area (Å²) in [5.74, 6) is 0.575. The van der Waals surface area contributed by atoms with Crippen LogP contribution in [0.2, 0.25) is 0 Å². The van der Waals surface area contributed by atoms with Crippen molar-refractivity contribution in [3.05, 3.63) is 64.8 Å². The van der Waals surface area contributed by atoms with Crippen molar-refractivity contribution in [1.29, 1.82) is 0 Å². The van der Waals surface area contributed by atoms with Crippen LogP contribution in [-0.2, 0) is 22.9 Å². The van der Waals surface area contributed by atoms with E-state index in [1.54, 1.807) is 28.2 Å². The minimum Gasteiger partial charge on any atom is -0.306 e. The number of anilines is 1. The van der Waals surface area contributed by atoms with Gasteiger partial charge in [-0.1, -0.05) is 39.0 Å². The van der Waals surface area contributed by atoms with E-state index in [1.165, 1.54) is 40.4 Å². The third kappa shape index (κ3) is 5.99. The number of aryl methyl sites for hydroxylation is 3. The van der Waals surface area contributed by atoms with Crippen molar-refractivity contribution >= 4 is 43.3 Å². The first-order valence-corrected chi connectivity index (χ1v) is 16.2. The van der Waals surface area contributed by atoms with Gasteiger partial charge in [-0.05, 0) is 92.0 Å². The van der Waals surface area contributed by atoms with Gasteiger partial charge in [-0.3, -0.25) is 4.79 Å². The SMILES string of the molecule is Cc1cc(NC(=O)c2ccc(S(=O)(=O)N(CC(C)C)CC(C)C)cc2)n(-c2nc3cc4c(cc3s2)CCCC4)n1. The second kappa shape index (κ2) is 11.4. The van der Waals surface area contributed by atoms with Crippen LogP contribution in [0.15, 0.2) is 47.4 Å². The second-order valence-electron chi connectivity index (χ2n) is 11.5. The van der Waals surface area contributed by atoms with Gasteiger partial charge in [0.15, 0.2) is 0 Å². The van der Waals surface area contributed by atoms with E-state index in [9.17, 15) is 13.2 Å². The zero-order valence-electron chi connectivity index (χ0n) is 23.8. The molecule has 212 valence electrons. The van der Waals surface area contributed by atoms with E-state index < -0.39 is 10.0 Å². The highest BCUT2D eigenvalue weighted by Gasteiger charge is 2.26. The van der Waals surface area contributed by atoms with Crippen LogP contribution in [0.5, 0.6) is 0 Å². The maximum Gasteiger partial charge on any atom is 0.256 e. The molecule has 0 bridgehead atoms. The molecular formula is C30H37N5O3S2. The molecule has 4 aromatic rings. The Morgan fingerprint density at radius 2 is 1.62 bits per heavy atom. The molecule has 1 aliphatic carbocycles. The molecule has 5 rings (SSSR count). The first-order chi connectivity index (χ1) is 19.0.